The SMILES string of the molecule is CNN1CC[C@@H](c2cncc(C#N)c2)C1. The van der Waals surface area contributed by atoms with Gasteiger partial charge in [-0.1, -0.05) is 0 Å². The molecular weight excluding hydrogens is 188 g/mol. The molecule has 1 N–H and O–H groups in total. The summed E-state index contributed by atoms with van der Waals surface area (Å²) in [7, 11) is 1.94. The minimum absolute atomic E-state index is 0.498. The van der Waals surface area contributed by atoms with Gasteiger partial charge in [0, 0.05) is 31.4 Å². The van der Waals surface area contributed by atoms with E-state index in [0.29, 0.717) is 11.5 Å². The average molecular weight is 202 g/mol. The summed E-state index contributed by atoms with van der Waals surface area (Å²) in [6.07, 6.45) is 4.59. The second-order valence-electron chi connectivity index (χ2n) is 3.77. The lowest BCUT2D eigenvalue weighted by Gasteiger charge is -2.13. The molecule has 2 heterocycles. The van der Waals surface area contributed by atoms with E-state index in [1.54, 1.807) is 6.20 Å². The van der Waals surface area contributed by atoms with Crippen LogP contribution in [-0.4, -0.2) is 30.1 Å². The van der Waals surface area contributed by atoms with Gasteiger partial charge in [0.25, 0.3) is 0 Å². The Bertz CT molecular complexity index is 382. The number of pyridine rings is 1. The van der Waals surface area contributed by atoms with Crippen molar-refractivity contribution in [3.63, 3.8) is 0 Å². The number of aromatic nitrogens is 1. The molecule has 0 bridgehead atoms. The molecule has 1 aromatic heterocycles. The van der Waals surface area contributed by atoms with E-state index < -0.39 is 0 Å². The molecule has 4 heteroatoms. The molecule has 1 aliphatic rings. The third-order valence-electron chi connectivity index (χ3n) is 2.86. The highest BCUT2D eigenvalue weighted by molar-refractivity contribution is 5.31. The maximum atomic E-state index is 8.79. The van der Waals surface area contributed by atoms with Gasteiger partial charge in [-0.3, -0.25) is 10.4 Å². The zero-order valence-electron chi connectivity index (χ0n) is 8.77. The van der Waals surface area contributed by atoms with E-state index in [9.17, 15) is 0 Å². The van der Waals surface area contributed by atoms with E-state index in [-0.39, 0.29) is 0 Å². The summed E-state index contributed by atoms with van der Waals surface area (Å²) in [5, 5.41) is 11.0. The molecule has 2 rings (SSSR count). The fourth-order valence-corrected chi connectivity index (χ4v) is 1.98. The summed E-state index contributed by atoms with van der Waals surface area (Å²) >= 11 is 0. The predicted octanol–water partition coefficient (Wildman–Crippen LogP) is 0.877. The van der Waals surface area contributed by atoms with Crippen LogP contribution in [0.3, 0.4) is 0 Å². The van der Waals surface area contributed by atoms with Gasteiger partial charge in [0.2, 0.25) is 0 Å². The van der Waals surface area contributed by atoms with Crippen molar-refractivity contribution in [1.29, 1.82) is 5.26 Å². The van der Waals surface area contributed by atoms with Crippen LogP contribution in [-0.2, 0) is 0 Å². The zero-order valence-corrected chi connectivity index (χ0v) is 8.77. The Balaban J connectivity index is 2.14. The Morgan fingerprint density at radius 2 is 2.47 bits per heavy atom. The molecule has 0 aliphatic carbocycles. The summed E-state index contributed by atoms with van der Waals surface area (Å²) in [5.41, 5.74) is 4.96. The van der Waals surface area contributed by atoms with E-state index in [2.05, 4.69) is 21.5 Å². The smallest absolute Gasteiger partial charge is 0.101 e. The van der Waals surface area contributed by atoms with Crippen LogP contribution in [0.2, 0.25) is 0 Å². The van der Waals surface area contributed by atoms with E-state index in [4.69, 9.17) is 5.26 Å². The van der Waals surface area contributed by atoms with E-state index in [1.165, 1.54) is 5.56 Å². The number of hydrogen-bond acceptors (Lipinski definition) is 4. The molecular formula is C11H14N4. The molecule has 78 valence electrons. The third-order valence-corrected chi connectivity index (χ3v) is 2.86. The molecule has 1 fully saturated rings. The van der Waals surface area contributed by atoms with Gasteiger partial charge in [-0.15, -0.1) is 0 Å². The van der Waals surface area contributed by atoms with Crippen molar-refractivity contribution in [2.45, 2.75) is 12.3 Å². The number of nitrogens with one attached hydrogen (secondary N) is 1. The van der Waals surface area contributed by atoms with Gasteiger partial charge in [-0.05, 0) is 25.1 Å². The Morgan fingerprint density at radius 1 is 1.60 bits per heavy atom. The maximum absolute atomic E-state index is 8.79. The zero-order chi connectivity index (χ0) is 10.7. The van der Waals surface area contributed by atoms with Crippen molar-refractivity contribution < 1.29 is 0 Å². The summed E-state index contributed by atoms with van der Waals surface area (Å²) in [5.74, 6) is 0.498. The van der Waals surface area contributed by atoms with Crippen LogP contribution in [0.4, 0.5) is 0 Å². The normalized spacial score (nSPS) is 21.5. The topological polar surface area (TPSA) is 52.0 Å². The Labute approximate surface area is 89.5 Å². The van der Waals surface area contributed by atoms with Crippen LogP contribution in [0, 0.1) is 11.3 Å². The number of hydrogen-bond donors (Lipinski definition) is 1. The molecule has 0 unspecified atom stereocenters. The first kappa shape index (κ1) is 10.1. The van der Waals surface area contributed by atoms with Crippen LogP contribution in [0.5, 0.6) is 0 Å². The Kier molecular flexibility index (Phi) is 2.95. The van der Waals surface area contributed by atoms with Crippen LogP contribution in [0.25, 0.3) is 0 Å². The second-order valence-corrected chi connectivity index (χ2v) is 3.77. The van der Waals surface area contributed by atoms with Crippen molar-refractivity contribution in [3.8, 4) is 6.07 Å². The molecule has 0 amide bonds. The lowest BCUT2D eigenvalue weighted by atomic mass is 9.99. The maximum Gasteiger partial charge on any atom is 0.101 e. The minimum atomic E-state index is 0.498. The molecule has 1 aromatic rings. The van der Waals surface area contributed by atoms with Crippen molar-refractivity contribution in [3.05, 3.63) is 29.6 Å². The standard InChI is InChI=1S/C11H14N4/c1-13-15-3-2-10(8-15)11-4-9(5-12)6-14-7-11/h4,6-7,10,13H,2-3,8H2,1H3/t10-/m1/s1. The summed E-state index contributed by atoms with van der Waals surface area (Å²) in [6, 6.07) is 4.07. The van der Waals surface area contributed by atoms with E-state index in [1.807, 2.05) is 19.3 Å². The van der Waals surface area contributed by atoms with Crippen LogP contribution >= 0.6 is 0 Å². The molecule has 4 nitrogen and oxygen atoms in total. The quantitative estimate of drug-likeness (QED) is 0.773. The molecule has 1 aliphatic heterocycles. The molecule has 1 saturated heterocycles. The highest BCUT2D eigenvalue weighted by Gasteiger charge is 2.23. The van der Waals surface area contributed by atoms with Crippen LogP contribution in [0.1, 0.15) is 23.5 Å². The first-order chi connectivity index (χ1) is 7.33. The molecule has 0 saturated carbocycles. The van der Waals surface area contributed by atoms with Gasteiger partial charge in [-0.2, -0.15) is 5.26 Å². The fraction of sp³-hybridized carbons (Fsp3) is 0.455. The van der Waals surface area contributed by atoms with Crippen molar-refractivity contribution in [1.82, 2.24) is 15.4 Å². The van der Waals surface area contributed by atoms with Gasteiger partial charge in [-0.25, -0.2) is 5.01 Å². The van der Waals surface area contributed by atoms with Crippen molar-refractivity contribution in [2.24, 2.45) is 0 Å². The number of hydrazine groups is 1. The first-order valence-electron chi connectivity index (χ1n) is 5.11. The van der Waals surface area contributed by atoms with Gasteiger partial charge < -0.3 is 0 Å². The van der Waals surface area contributed by atoms with Gasteiger partial charge in [0.1, 0.15) is 6.07 Å². The lowest BCUT2D eigenvalue weighted by molar-refractivity contribution is 0.258. The van der Waals surface area contributed by atoms with Crippen molar-refractivity contribution >= 4 is 0 Å². The largest absolute Gasteiger partial charge is 0.263 e. The summed E-state index contributed by atoms with van der Waals surface area (Å²) < 4.78 is 0. The van der Waals surface area contributed by atoms with Gasteiger partial charge >= 0.3 is 0 Å². The first-order valence-corrected chi connectivity index (χ1v) is 5.11. The number of rotatable bonds is 2. The Hall–Kier alpha value is -1.44. The molecule has 15 heavy (non-hydrogen) atoms. The molecule has 0 radical (unpaired) electrons. The average Bonchev–Trinajstić information content (AvgIpc) is 2.78. The summed E-state index contributed by atoms with van der Waals surface area (Å²) in [6.45, 7) is 2.05. The van der Waals surface area contributed by atoms with Crippen LogP contribution < -0.4 is 5.43 Å². The minimum Gasteiger partial charge on any atom is -0.263 e. The second kappa shape index (κ2) is 4.39. The van der Waals surface area contributed by atoms with Crippen molar-refractivity contribution in [2.75, 3.05) is 20.1 Å². The monoisotopic (exact) mass is 202 g/mol. The molecule has 1 atom stereocenters. The van der Waals surface area contributed by atoms with E-state index in [0.717, 1.165) is 19.5 Å². The van der Waals surface area contributed by atoms with E-state index >= 15 is 0 Å². The highest BCUT2D eigenvalue weighted by Crippen LogP contribution is 2.25. The highest BCUT2D eigenvalue weighted by atomic mass is 15.5. The predicted molar refractivity (Wildman–Crippen MR) is 56.9 cm³/mol. The lowest BCUT2D eigenvalue weighted by Crippen LogP contribution is -2.32. The number of nitrogens with zero attached hydrogens (tertiary/aromatic N) is 3. The van der Waals surface area contributed by atoms with Crippen LogP contribution in [0.15, 0.2) is 18.5 Å². The third kappa shape index (κ3) is 2.14. The summed E-state index contributed by atoms with van der Waals surface area (Å²) in [4.78, 5) is 4.09. The number of nitriles is 1. The molecule has 0 spiro atoms. The fourth-order valence-electron chi connectivity index (χ4n) is 1.98. The van der Waals surface area contributed by atoms with Gasteiger partial charge in [0.15, 0.2) is 0 Å². The Morgan fingerprint density at radius 3 is 3.13 bits per heavy atom. The van der Waals surface area contributed by atoms with Gasteiger partial charge in [0.05, 0.1) is 5.56 Å². The molecule has 0 aromatic carbocycles.